The van der Waals surface area contributed by atoms with E-state index >= 15 is 0 Å². The highest BCUT2D eigenvalue weighted by Crippen LogP contribution is 2.30. The Morgan fingerprint density at radius 3 is 2.63 bits per heavy atom. The monoisotopic (exact) mass is 272 g/mol. The molecule has 3 rings (SSSR count). The summed E-state index contributed by atoms with van der Waals surface area (Å²) in [4.78, 5) is 2.43. The van der Waals surface area contributed by atoms with Crippen LogP contribution in [-0.4, -0.2) is 19.1 Å². The van der Waals surface area contributed by atoms with Crippen molar-refractivity contribution in [3.05, 3.63) is 52.2 Å². The summed E-state index contributed by atoms with van der Waals surface area (Å²) in [6.45, 7) is 4.18. The van der Waals surface area contributed by atoms with Gasteiger partial charge in [-0.15, -0.1) is 0 Å². The highest BCUT2D eigenvalue weighted by atomic mass is 32.1. The summed E-state index contributed by atoms with van der Waals surface area (Å²) in [7, 11) is 0. The molecule has 1 saturated heterocycles. The first kappa shape index (κ1) is 12.7. The topological polar surface area (TPSA) is 29.3 Å². The van der Waals surface area contributed by atoms with Gasteiger partial charge in [-0.2, -0.15) is 11.3 Å². The number of benzene rings is 1. The van der Waals surface area contributed by atoms with Gasteiger partial charge in [0.25, 0.3) is 0 Å². The Morgan fingerprint density at radius 2 is 1.95 bits per heavy atom. The highest BCUT2D eigenvalue weighted by molar-refractivity contribution is 7.08. The first-order valence-electron chi connectivity index (χ1n) is 6.81. The number of thiophene rings is 1. The van der Waals surface area contributed by atoms with Gasteiger partial charge < -0.3 is 10.6 Å². The molecule has 2 unspecified atom stereocenters. The third-order valence-electron chi connectivity index (χ3n) is 3.90. The van der Waals surface area contributed by atoms with Crippen molar-refractivity contribution in [3.8, 4) is 0 Å². The molecule has 1 aliphatic rings. The largest absolute Gasteiger partial charge is 0.369 e. The summed E-state index contributed by atoms with van der Waals surface area (Å²) in [6.07, 6.45) is 1.09. The van der Waals surface area contributed by atoms with Crippen LogP contribution >= 0.6 is 11.3 Å². The molecule has 1 aromatic carbocycles. The molecule has 2 N–H and O–H groups in total. The minimum Gasteiger partial charge on any atom is -0.369 e. The van der Waals surface area contributed by atoms with Crippen LogP contribution in [0.3, 0.4) is 0 Å². The summed E-state index contributed by atoms with van der Waals surface area (Å²) in [5.74, 6) is 0.546. The number of piperidine rings is 1. The van der Waals surface area contributed by atoms with E-state index in [1.807, 2.05) is 0 Å². The van der Waals surface area contributed by atoms with E-state index in [9.17, 15) is 0 Å². The molecule has 2 atom stereocenters. The standard InChI is InChI=1S/C16H20N2S/c1-12-2-4-13(5-3-12)14-8-15(17)10-18(9-14)16-6-7-19-11-16/h2-7,11,14-15H,8-10,17H2,1H3. The molecule has 0 radical (unpaired) electrons. The van der Waals surface area contributed by atoms with Crippen molar-refractivity contribution >= 4 is 17.0 Å². The Balaban J connectivity index is 1.80. The number of aryl methyl sites for hydroxylation is 1. The van der Waals surface area contributed by atoms with E-state index in [0.29, 0.717) is 5.92 Å². The van der Waals surface area contributed by atoms with Crippen LogP contribution in [-0.2, 0) is 0 Å². The van der Waals surface area contributed by atoms with Crippen molar-refractivity contribution in [3.63, 3.8) is 0 Å². The Hall–Kier alpha value is -1.32. The molecule has 2 nitrogen and oxygen atoms in total. The van der Waals surface area contributed by atoms with E-state index in [-0.39, 0.29) is 6.04 Å². The Morgan fingerprint density at radius 1 is 1.16 bits per heavy atom. The highest BCUT2D eigenvalue weighted by Gasteiger charge is 2.26. The van der Waals surface area contributed by atoms with Crippen LogP contribution in [0, 0.1) is 6.92 Å². The maximum atomic E-state index is 6.25. The van der Waals surface area contributed by atoms with Gasteiger partial charge in [0.2, 0.25) is 0 Å². The maximum absolute atomic E-state index is 6.25. The van der Waals surface area contributed by atoms with Crippen LogP contribution in [0.5, 0.6) is 0 Å². The van der Waals surface area contributed by atoms with E-state index in [1.165, 1.54) is 16.8 Å². The Labute approximate surface area is 118 Å². The fraction of sp³-hybridized carbons (Fsp3) is 0.375. The molecule has 0 amide bonds. The summed E-state index contributed by atoms with van der Waals surface area (Å²) < 4.78 is 0. The minimum absolute atomic E-state index is 0.264. The number of nitrogens with zero attached hydrogens (tertiary/aromatic N) is 1. The molecule has 3 heteroatoms. The Kier molecular flexibility index (Phi) is 3.58. The molecular formula is C16H20N2S. The van der Waals surface area contributed by atoms with Crippen molar-refractivity contribution in [1.82, 2.24) is 0 Å². The minimum atomic E-state index is 0.264. The molecule has 1 aliphatic heterocycles. The van der Waals surface area contributed by atoms with E-state index < -0.39 is 0 Å². The zero-order valence-corrected chi connectivity index (χ0v) is 12.1. The quantitative estimate of drug-likeness (QED) is 0.908. The van der Waals surface area contributed by atoms with Crippen LogP contribution in [0.1, 0.15) is 23.5 Å². The zero-order chi connectivity index (χ0) is 13.2. The van der Waals surface area contributed by atoms with Gasteiger partial charge in [0.05, 0.1) is 0 Å². The maximum Gasteiger partial charge on any atom is 0.0475 e. The predicted octanol–water partition coefficient (Wildman–Crippen LogP) is 3.38. The molecule has 1 fully saturated rings. The van der Waals surface area contributed by atoms with Crippen molar-refractivity contribution in [1.29, 1.82) is 0 Å². The molecular weight excluding hydrogens is 252 g/mol. The van der Waals surface area contributed by atoms with Gasteiger partial charge in [-0.05, 0) is 30.4 Å². The predicted molar refractivity (Wildman–Crippen MR) is 83.0 cm³/mol. The SMILES string of the molecule is Cc1ccc(C2CC(N)CN(c3ccsc3)C2)cc1. The fourth-order valence-electron chi connectivity index (χ4n) is 2.87. The summed E-state index contributed by atoms with van der Waals surface area (Å²) in [5, 5.41) is 4.35. The van der Waals surface area contributed by atoms with Crippen LogP contribution in [0.4, 0.5) is 5.69 Å². The van der Waals surface area contributed by atoms with Gasteiger partial charge >= 0.3 is 0 Å². The summed E-state index contributed by atoms with van der Waals surface area (Å²) >= 11 is 1.75. The molecule has 0 spiro atoms. The van der Waals surface area contributed by atoms with Crippen molar-refractivity contribution in [2.75, 3.05) is 18.0 Å². The average Bonchev–Trinajstić information content (AvgIpc) is 2.93. The fourth-order valence-corrected chi connectivity index (χ4v) is 3.53. The van der Waals surface area contributed by atoms with E-state index in [2.05, 4.69) is 52.9 Å². The molecule has 0 aliphatic carbocycles. The van der Waals surface area contributed by atoms with Gasteiger partial charge in [-0.3, -0.25) is 0 Å². The summed E-state index contributed by atoms with van der Waals surface area (Å²) in [6, 6.07) is 11.4. The van der Waals surface area contributed by atoms with Crippen LogP contribution in [0.2, 0.25) is 0 Å². The van der Waals surface area contributed by atoms with Crippen LogP contribution in [0.15, 0.2) is 41.1 Å². The molecule has 19 heavy (non-hydrogen) atoms. The molecule has 1 aromatic heterocycles. The normalized spacial score (nSPS) is 23.6. The lowest BCUT2D eigenvalue weighted by Crippen LogP contribution is -2.46. The lowest BCUT2D eigenvalue weighted by atomic mass is 9.88. The van der Waals surface area contributed by atoms with Crippen LogP contribution in [0.25, 0.3) is 0 Å². The first-order valence-corrected chi connectivity index (χ1v) is 7.76. The zero-order valence-electron chi connectivity index (χ0n) is 11.3. The summed E-state index contributed by atoms with van der Waals surface area (Å²) in [5.41, 5.74) is 10.3. The van der Waals surface area contributed by atoms with Gasteiger partial charge in [-0.25, -0.2) is 0 Å². The molecule has 0 bridgehead atoms. The number of nitrogens with two attached hydrogens (primary N) is 1. The van der Waals surface area contributed by atoms with Crippen molar-refractivity contribution in [2.24, 2.45) is 5.73 Å². The van der Waals surface area contributed by atoms with E-state index in [4.69, 9.17) is 5.73 Å². The first-order chi connectivity index (χ1) is 9.22. The second kappa shape index (κ2) is 5.35. The van der Waals surface area contributed by atoms with Gasteiger partial charge in [0, 0.05) is 36.1 Å². The number of hydrogen-bond acceptors (Lipinski definition) is 3. The number of hydrogen-bond donors (Lipinski definition) is 1. The van der Waals surface area contributed by atoms with E-state index in [1.54, 1.807) is 11.3 Å². The smallest absolute Gasteiger partial charge is 0.0475 e. The lowest BCUT2D eigenvalue weighted by Gasteiger charge is -2.37. The second-order valence-electron chi connectivity index (χ2n) is 5.49. The third-order valence-corrected chi connectivity index (χ3v) is 4.57. The Bertz CT molecular complexity index is 518. The van der Waals surface area contributed by atoms with Gasteiger partial charge in [-0.1, -0.05) is 29.8 Å². The van der Waals surface area contributed by atoms with Gasteiger partial charge in [0.1, 0.15) is 0 Å². The molecule has 0 saturated carbocycles. The second-order valence-corrected chi connectivity index (χ2v) is 6.27. The van der Waals surface area contributed by atoms with E-state index in [0.717, 1.165) is 19.5 Å². The lowest BCUT2D eigenvalue weighted by molar-refractivity contribution is 0.454. The number of rotatable bonds is 2. The van der Waals surface area contributed by atoms with Crippen molar-refractivity contribution < 1.29 is 0 Å². The molecule has 100 valence electrons. The van der Waals surface area contributed by atoms with Gasteiger partial charge in [0.15, 0.2) is 0 Å². The number of anilines is 1. The molecule has 2 heterocycles. The average molecular weight is 272 g/mol. The molecule has 2 aromatic rings. The van der Waals surface area contributed by atoms with Crippen molar-refractivity contribution in [2.45, 2.75) is 25.3 Å². The van der Waals surface area contributed by atoms with Crippen LogP contribution < -0.4 is 10.6 Å². The third kappa shape index (κ3) is 2.82.